The minimum atomic E-state index is -0.325. The lowest BCUT2D eigenvalue weighted by Crippen LogP contribution is -2.34. The van der Waals surface area contributed by atoms with E-state index in [1.807, 2.05) is 10.6 Å². The second-order valence-corrected chi connectivity index (χ2v) is 8.09. The average Bonchev–Trinajstić information content (AvgIpc) is 3.19. The summed E-state index contributed by atoms with van der Waals surface area (Å²) in [6.45, 7) is 4.81. The lowest BCUT2D eigenvalue weighted by atomic mass is 9.76. The number of nitrogens with zero attached hydrogens (tertiary/aromatic N) is 4. The van der Waals surface area contributed by atoms with E-state index in [1.165, 1.54) is 11.9 Å². The van der Waals surface area contributed by atoms with E-state index in [-0.39, 0.29) is 11.7 Å². The highest BCUT2D eigenvalue weighted by atomic mass is 16.5. The van der Waals surface area contributed by atoms with Gasteiger partial charge in [-0.1, -0.05) is 6.92 Å². The largest absolute Gasteiger partial charge is 0.485 e. The number of aryl methyl sites for hydroxylation is 1. The highest BCUT2D eigenvalue weighted by molar-refractivity contribution is 5.64. The third-order valence-electron chi connectivity index (χ3n) is 6.13. The van der Waals surface area contributed by atoms with Gasteiger partial charge in [0, 0.05) is 12.6 Å². The third kappa shape index (κ3) is 3.08. The summed E-state index contributed by atoms with van der Waals surface area (Å²) in [5.41, 5.74) is 7.94. The lowest BCUT2D eigenvalue weighted by molar-refractivity contribution is 0.135. The van der Waals surface area contributed by atoms with Gasteiger partial charge in [-0.15, -0.1) is 0 Å². The zero-order valence-electron chi connectivity index (χ0n) is 16.5. The molecule has 0 saturated heterocycles. The summed E-state index contributed by atoms with van der Waals surface area (Å²) in [6.07, 6.45) is 8.14. The molecule has 0 aromatic carbocycles. The van der Waals surface area contributed by atoms with Crippen LogP contribution in [0.3, 0.4) is 0 Å². The van der Waals surface area contributed by atoms with E-state index in [0.717, 1.165) is 31.6 Å². The van der Waals surface area contributed by atoms with E-state index in [4.69, 9.17) is 14.9 Å². The molecule has 1 aromatic rings. The van der Waals surface area contributed by atoms with Crippen LogP contribution in [0.4, 0.5) is 5.82 Å². The van der Waals surface area contributed by atoms with E-state index in [0.29, 0.717) is 40.4 Å². The molecule has 0 spiro atoms. The number of ether oxygens (including phenoxy) is 1. The molecule has 0 bridgehead atoms. The monoisotopic (exact) mass is 393 g/mol. The van der Waals surface area contributed by atoms with Crippen LogP contribution in [-0.4, -0.2) is 25.6 Å². The fourth-order valence-corrected chi connectivity index (χ4v) is 4.51. The number of hydrogen-bond donors (Lipinski definition) is 1. The molecule has 4 heterocycles. The number of anilines is 1. The first-order chi connectivity index (χ1) is 14.0. The van der Waals surface area contributed by atoms with E-state index in [2.05, 4.69) is 21.9 Å². The number of imidazole rings is 1. The van der Waals surface area contributed by atoms with Crippen molar-refractivity contribution in [2.45, 2.75) is 45.8 Å². The zero-order valence-corrected chi connectivity index (χ0v) is 16.5. The van der Waals surface area contributed by atoms with E-state index < -0.39 is 0 Å². The van der Waals surface area contributed by atoms with Gasteiger partial charge in [0.25, 0.3) is 0 Å². The molecule has 1 saturated carbocycles. The minimum Gasteiger partial charge on any atom is -0.485 e. The summed E-state index contributed by atoms with van der Waals surface area (Å²) < 4.78 is 13.5. The second kappa shape index (κ2) is 6.72. The molecule has 8 heteroatoms. The van der Waals surface area contributed by atoms with Gasteiger partial charge < -0.3 is 19.5 Å². The maximum atomic E-state index is 12.1. The number of aromatic nitrogens is 4. The number of nitrogen functional groups attached to an aromatic ring is 1. The van der Waals surface area contributed by atoms with Crippen LogP contribution in [0.25, 0.3) is 17.6 Å². The van der Waals surface area contributed by atoms with Crippen LogP contribution >= 0.6 is 0 Å². The topological polar surface area (TPSA) is 109 Å². The van der Waals surface area contributed by atoms with Crippen molar-refractivity contribution in [2.24, 2.45) is 11.8 Å². The Morgan fingerprint density at radius 1 is 1.34 bits per heavy atom. The van der Waals surface area contributed by atoms with Crippen molar-refractivity contribution in [1.82, 2.24) is 19.5 Å². The maximum Gasteiger partial charge on any atom is 0.346 e. The second-order valence-electron chi connectivity index (χ2n) is 8.09. The SMILES string of the molecule is Cc1cc2c(c(=O)o1)C=C1CC[C@H](C(C)Cn3cnc(N)c4ncnc3-4)CC1O2. The van der Waals surface area contributed by atoms with Gasteiger partial charge in [0.05, 0.1) is 6.33 Å². The zero-order chi connectivity index (χ0) is 20.1. The van der Waals surface area contributed by atoms with Crippen molar-refractivity contribution >= 4 is 11.9 Å². The molecule has 3 atom stereocenters. The number of fused-ring (bicyclic) bond motifs is 3. The van der Waals surface area contributed by atoms with Gasteiger partial charge in [0.2, 0.25) is 0 Å². The Hall–Kier alpha value is -3.16. The molecule has 1 fully saturated rings. The van der Waals surface area contributed by atoms with Crippen molar-refractivity contribution in [2.75, 3.05) is 5.73 Å². The lowest BCUT2D eigenvalue weighted by Gasteiger charge is -2.37. The van der Waals surface area contributed by atoms with Gasteiger partial charge in [0.15, 0.2) is 11.6 Å². The Bertz CT molecular complexity index is 1130. The van der Waals surface area contributed by atoms with Crippen molar-refractivity contribution in [1.29, 1.82) is 0 Å². The van der Waals surface area contributed by atoms with Gasteiger partial charge in [-0.2, -0.15) is 0 Å². The van der Waals surface area contributed by atoms with Crippen LogP contribution in [0.5, 0.6) is 5.75 Å². The van der Waals surface area contributed by atoms with E-state index >= 15 is 0 Å². The summed E-state index contributed by atoms with van der Waals surface area (Å²) in [5, 5.41) is 0. The summed E-state index contributed by atoms with van der Waals surface area (Å²) in [7, 11) is 0. The normalized spacial score (nSPS) is 21.8. The molecule has 1 aliphatic carbocycles. The molecule has 2 unspecified atom stereocenters. The fraction of sp³-hybridized carbons (Fsp3) is 0.429. The van der Waals surface area contributed by atoms with Crippen molar-refractivity contribution < 1.29 is 9.15 Å². The maximum absolute atomic E-state index is 12.1. The molecule has 8 nitrogen and oxygen atoms in total. The van der Waals surface area contributed by atoms with Crippen molar-refractivity contribution in [3.63, 3.8) is 0 Å². The summed E-state index contributed by atoms with van der Waals surface area (Å²) in [6, 6.07) is 1.80. The highest BCUT2D eigenvalue weighted by Gasteiger charge is 2.34. The first-order valence-corrected chi connectivity index (χ1v) is 9.92. The molecule has 29 heavy (non-hydrogen) atoms. The van der Waals surface area contributed by atoms with Crippen LogP contribution in [0.15, 0.2) is 33.5 Å². The predicted molar refractivity (Wildman–Crippen MR) is 107 cm³/mol. The van der Waals surface area contributed by atoms with Crippen LogP contribution in [-0.2, 0) is 6.54 Å². The molecule has 5 rings (SSSR count). The van der Waals surface area contributed by atoms with Gasteiger partial charge in [-0.3, -0.25) is 0 Å². The van der Waals surface area contributed by atoms with Crippen LogP contribution in [0, 0.1) is 18.8 Å². The third-order valence-corrected chi connectivity index (χ3v) is 6.13. The van der Waals surface area contributed by atoms with Crippen molar-refractivity contribution in [3.8, 4) is 17.3 Å². The summed E-state index contributed by atoms with van der Waals surface area (Å²) >= 11 is 0. The molecule has 0 amide bonds. The molecule has 0 radical (unpaired) electrons. The molecular formula is C21H23N5O3. The molecule has 150 valence electrons. The van der Waals surface area contributed by atoms with Gasteiger partial charge in [-0.05, 0) is 49.7 Å². The Morgan fingerprint density at radius 3 is 3.07 bits per heavy atom. The van der Waals surface area contributed by atoms with Crippen LogP contribution in [0.2, 0.25) is 0 Å². The van der Waals surface area contributed by atoms with Crippen molar-refractivity contribution in [3.05, 3.63) is 46.0 Å². The van der Waals surface area contributed by atoms with Crippen LogP contribution in [0.1, 0.15) is 37.5 Å². The fourth-order valence-electron chi connectivity index (χ4n) is 4.51. The smallest absolute Gasteiger partial charge is 0.346 e. The number of hydrogen-bond acceptors (Lipinski definition) is 7. The molecular weight excluding hydrogens is 370 g/mol. The first-order valence-electron chi connectivity index (χ1n) is 9.92. The first kappa shape index (κ1) is 17.9. The quantitative estimate of drug-likeness (QED) is 0.728. The minimum absolute atomic E-state index is 0.0122. The average molecular weight is 393 g/mol. The van der Waals surface area contributed by atoms with Crippen LogP contribution < -0.4 is 16.1 Å². The predicted octanol–water partition coefficient (Wildman–Crippen LogP) is 2.90. The Balaban J connectivity index is 1.34. The highest BCUT2D eigenvalue weighted by Crippen LogP contribution is 2.40. The number of nitrogens with two attached hydrogens (primary N) is 1. The van der Waals surface area contributed by atoms with E-state index in [1.54, 1.807) is 19.3 Å². The van der Waals surface area contributed by atoms with Gasteiger partial charge >= 0.3 is 5.63 Å². The standard InChI is InChI=1S/C21H23N5O3/c1-11(8-26-10-25-19(22)18-20(26)24-9-23-18)13-3-4-14-6-15-17(29-16(14)7-13)5-12(2)28-21(15)27/h5-6,9-11,13,16H,3-4,7-8,22H2,1-2H3/t11?,13-,16?/m0/s1. The van der Waals surface area contributed by atoms with Gasteiger partial charge in [-0.25, -0.2) is 19.7 Å². The molecule has 3 aliphatic heterocycles. The Morgan fingerprint density at radius 2 is 2.21 bits per heavy atom. The number of rotatable bonds is 3. The molecule has 2 N–H and O–H groups in total. The molecule has 1 aromatic heterocycles. The Labute approximate surface area is 167 Å². The Kier molecular flexibility index (Phi) is 4.15. The molecule has 4 aliphatic rings. The summed E-state index contributed by atoms with van der Waals surface area (Å²) in [5.74, 6) is 3.26. The summed E-state index contributed by atoms with van der Waals surface area (Å²) in [4.78, 5) is 24.9. The van der Waals surface area contributed by atoms with E-state index in [9.17, 15) is 4.79 Å². The van der Waals surface area contributed by atoms with Gasteiger partial charge in [0.1, 0.15) is 35.2 Å².